The number of aromatic nitrogens is 2. The Morgan fingerprint density at radius 1 is 1.36 bits per heavy atom. The number of ether oxygens (including phenoxy) is 2. The second kappa shape index (κ2) is 7.82. The van der Waals surface area contributed by atoms with Gasteiger partial charge in [0.1, 0.15) is 15.5 Å². The van der Waals surface area contributed by atoms with E-state index in [-0.39, 0.29) is 18.4 Å². The lowest BCUT2D eigenvalue weighted by Crippen LogP contribution is -2.50. The minimum atomic E-state index is -0.469. The van der Waals surface area contributed by atoms with Crippen molar-refractivity contribution in [1.82, 2.24) is 14.5 Å². The van der Waals surface area contributed by atoms with Crippen molar-refractivity contribution in [2.75, 3.05) is 6.54 Å². The molecule has 1 amide bonds. The zero-order chi connectivity index (χ0) is 18.0. The van der Waals surface area contributed by atoms with Crippen LogP contribution in [0.4, 0.5) is 4.79 Å². The van der Waals surface area contributed by atoms with Gasteiger partial charge in [-0.25, -0.2) is 9.78 Å². The van der Waals surface area contributed by atoms with Crippen molar-refractivity contribution >= 4 is 28.7 Å². The summed E-state index contributed by atoms with van der Waals surface area (Å²) in [6.45, 7) is 7.43. The van der Waals surface area contributed by atoms with E-state index >= 15 is 0 Å². The lowest BCUT2D eigenvalue weighted by molar-refractivity contribution is -0.146. The van der Waals surface area contributed by atoms with Crippen LogP contribution in [-0.2, 0) is 16.0 Å². The van der Waals surface area contributed by atoms with E-state index in [0.717, 1.165) is 48.9 Å². The molecular weight excluding hydrogens is 433 g/mol. The molecule has 1 aliphatic heterocycles. The number of halogens is 1. The van der Waals surface area contributed by atoms with Crippen LogP contribution in [0, 0.1) is 9.62 Å². The van der Waals surface area contributed by atoms with Gasteiger partial charge in [0, 0.05) is 19.3 Å². The Morgan fingerprint density at radius 3 is 2.76 bits per heavy atom. The van der Waals surface area contributed by atoms with E-state index in [2.05, 4.69) is 38.3 Å². The maximum absolute atomic E-state index is 12.4. The average molecular weight is 461 g/mol. The minimum Gasteiger partial charge on any atom is -0.444 e. The van der Waals surface area contributed by atoms with E-state index in [0.29, 0.717) is 5.92 Å². The number of piperidine rings is 1. The van der Waals surface area contributed by atoms with Crippen molar-refractivity contribution in [1.29, 1.82) is 0 Å². The molecule has 0 spiro atoms. The van der Waals surface area contributed by atoms with Gasteiger partial charge in [0.25, 0.3) is 0 Å². The van der Waals surface area contributed by atoms with Crippen LogP contribution in [0.2, 0.25) is 0 Å². The monoisotopic (exact) mass is 461 g/mol. The molecule has 3 rings (SSSR count). The molecule has 1 aromatic heterocycles. The molecule has 0 N–H and O–H groups in total. The molecular formula is C18H28IN3O3. The van der Waals surface area contributed by atoms with Gasteiger partial charge in [0.05, 0.1) is 12.4 Å². The minimum absolute atomic E-state index is 0.135. The first-order valence-corrected chi connectivity index (χ1v) is 10.2. The molecule has 1 aromatic rings. The summed E-state index contributed by atoms with van der Waals surface area (Å²) in [6, 6.07) is 0. The summed E-state index contributed by atoms with van der Waals surface area (Å²) < 4.78 is 15.0. The summed E-state index contributed by atoms with van der Waals surface area (Å²) in [4.78, 5) is 18.5. The number of rotatable bonds is 4. The standard InChI is InChI=1S/C18H28IN3O3/c1-18(2,3)25-17(23)22-7-5-4-6-16(22)24-14-8-13(9-14)10-21-11-15(19)20-12-21/h11-14,16H,4-10H2,1-3H3. The zero-order valence-corrected chi connectivity index (χ0v) is 17.4. The second-order valence-corrected chi connectivity index (χ2v) is 9.22. The molecule has 140 valence electrons. The number of carbonyl (C=O) groups excluding carboxylic acids is 1. The van der Waals surface area contributed by atoms with Crippen molar-refractivity contribution in [3.63, 3.8) is 0 Å². The molecule has 1 saturated heterocycles. The molecule has 6 nitrogen and oxygen atoms in total. The lowest BCUT2D eigenvalue weighted by Gasteiger charge is -2.42. The summed E-state index contributed by atoms with van der Waals surface area (Å²) in [5.74, 6) is 0.633. The topological polar surface area (TPSA) is 56.6 Å². The third-order valence-corrected chi connectivity index (χ3v) is 5.25. The highest BCUT2D eigenvalue weighted by atomic mass is 127. The number of imidazole rings is 1. The van der Waals surface area contributed by atoms with Crippen LogP contribution in [0.3, 0.4) is 0 Å². The number of nitrogens with zero attached hydrogens (tertiary/aromatic N) is 3. The number of amides is 1. The third kappa shape index (κ3) is 5.32. The van der Waals surface area contributed by atoms with Gasteiger partial charge < -0.3 is 14.0 Å². The van der Waals surface area contributed by atoms with E-state index < -0.39 is 5.60 Å². The first-order chi connectivity index (χ1) is 11.8. The van der Waals surface area contributed by atoms with Crippen LogP contribution in [0.5, 0.6) is 0 Å². The molecule has 1 unspecified atom stereocenters. The maximum atomic E-state index is 12.4. The summed E-state index contributed by atoms with van der Waals surface area (Å²) in [7, 11) is 0. The molecule has 0 aromatic carbocycles. The smallest absolute Gasteiger partial charge is 0.412 e. The van der Waals surface area contributed by atoms with Crippen molar-refractivity contribution in [3.8, 4) is 0 Å². The summed E-state index contributed by atoms with van der Waals surface area (Å²) in [5, 5.41) is 0. The molecule has 1 aliphatic carbocycles. The second-order valence-electron chi connectivity index (χ2n) is 8.11. The van der Waals surface area contributed by atoms with Crippen molar-refractivity contribution in [2.45, 2.75) is 77.4 Å². The normalized spacial score (nSPS) is 27.0. The Bertz CT molecular complexity index is 593. The highest BCUT2D eigenvalue weighted by Gasteiger charge is 2.37. The molecule has 2 heterocycles. The summed E-state index contributed by atoms with van der Waals surface area (Å²) in [6.07, 6.45) is 8.95. The molecule has 25 heavy (non-hydrogen) atoms. The van der Waals surface area contributed by atoms with E-state index in [1.165, 1.54) is 0 Å². The fourth-order valence-corrected chi connectivity index (χ4v) is 3.94. The van der Waals surface area contributed by atoms with E-state index in [4.69, 9.17) is 9.47 Å². The molecule has 2 aliphatic rings. The van der Waals surface area contributed by atoms with Crippen molar-refractivity contribution in [2.24, 2.45) is 5.92 Å². The van der Waals surface area contributed by atoms with E-state index in [1.54, 1.807) is 4.90 Å². The van der Waals surface area contributed by atoms with Crippen LogP contribution >= 0.6 is 22.6 Å². The largest absolute Gasteiger partial charge is 0.444 e. The van der Waals surface area contributed by atoms with Crippen LogP contribution in [-0.4, -0.2) is 45.0 Å². The zero-order valence-electron chi connectivity index (χ0n) is 15.3. The molecule has 0 radical (unpaired) electrons. The van der Waals surface area contributed by atoms with Crippen LogP contribution in [0.25, 0.3) is 0 Å². The van der Waals surface area contributed by atoms with Gasteiger partial charge in [0.15, 0.2) is 0 Å². The highest BCUT2D eigenvalue weighted by molar-refractivity contribution is 14.1. The highest BCUT2D eigenvalue weighted by Crippen LogP contribution is 2.34. The van der Waals surface area contributed by atoms with Gasteiger partial charge in [-0.15, -0.1) is 0 Å². The third-order valence-electron chi connectivity index (χ3n) is 4.69. The average Bonchev–Trinajstić information content (AvgIpc) is 2.89. The van der Waals surface area contributed by atoms with Gasteiger partial charge in [-0.1, -0.05) is 0 Å². The Balaban J connectivity index is 1.47. The predicted molar refractivity (Wildman–Crippen MR) is 103 cm³/mol. The van der Waals surface area contributed by atoms with Gasteiger partial charge in [0.2, 0.25) is 0 Å². The van der Waals surface area contributed by atoms with Gasteiger partial charge in [-0.2, -0.15) is 0 Å². The Hall–Kier alpha value is -0.830. The Kier molecular flexibility index (Phi) is 5.92. The van der Waals surface area contributed by atoms with E-state index in [1.807, 2.05) is 27.1 Å². The summed E-state index contributed by atoms with van der Waals surface area (Å²) in [5.41, 5.74) is -0.469. The van der Waals surface area contributed by atoms with E-state index in [9.17, 15) is 4.79 Å². The molecule has 0 bridgehead atoms. The first-order valence-electron chi connectivity index (χ1n) is 9.12. The lowest BCUT2D eigenvalue weighted by atomic mass is 9.82. The maximum Gasteiger partial charge on any atom is 0.412 e. The van der Waals surface area contributed by atoms with Gasteiger partial charge in [-0.05, 0) is 81.4 Å². The van der Waals surface area contributed by atoms with Crippen LogP contribution in [0.15, 0.2) is 12.5 Å². The predicted octanol–water partition coefficient (Wildman–Crippen LogP) is 4.03. The van der Waals surface area contributed by atoms with Crippen molar-refractivity contribution in [3.05, 3.63) is 16.2 Å². The SMILES string of the molecule is CC(C)(C)OC(=O)N1CCCCC1OC1CC(Cn2cnc(I)c2)C1. The fraction of sp³-hybridized carbons (Fsp3) is 0.778. The molecule has 1 saturated carbocycles. The molecule has 7 heteroatoms. The number of likely N-dealkylation sites (tertiary alicyclic amines) is 1. The number of hydrogen-bond donors (Lipinski definition) is 0. The summed E-state index contributed by atoms with van der Waals surface area (Å²) >= 11 is 2.23. The van der Waals surface area contributed by atoms with Crippen molar-refractivity contribution < 1.29 is 14.3 Å². The molecule has 2 fully saturated rings. The first kappa shape index (κ1) is 18.9. The van der Waals surface area contributed by atoms with Crippen LogP contribution in [0.1, 0.15) is 52.9 Å². The number of hydrogen-bond acceptors (Lipinski definition) is 4. The molecule has 1 atom stereocenters. The van der Waals surface area contributed by atoms with Gasteiger partial charge >= 0.3 is 6.09 Å². The van der Waals surface area contributed by atoms with Gasteiger partial charge in [-0.3, -0.25) is 4.90 Å². The Morgan fingerprint density at radius 2 is 2.12 bits per heavy atom. The number of carbonyl (C=O) groups is 1. The van der Waals surface area contributed by atoms with Crippen LogP contribution < -0.4 is 0 Å². The Labute approximate surface area is 163 Å². The quantitative estimate of drug-likeness (QED) is 0.636. The fourth-order valence-electron chi connectivity index (χ4n) is 3.46.